The van der Waals surface area contributed by atoms with Crippen molar-refractivity contribution in [3.8, 4) is 0 Å². The van der Waals surface area contributed by atoms with E-state index in [2.05, 4.69) is 10.6 Å². The fraction of sp³-hybridized carbons (Fsp3) is 0.556. The number of nitrogens with one attached hydrogen (secondary N) is 2. The molecule has 8 heteroatoms. The maximum absolute atomic E-state index is 12.8. The number of hydrogen-bond acceptors (Lipinski definition) is 3. The van der Waals surface area contributed by atoms with Gasteiger partial charge < -0.3 is 15.5 Å². The molecule has 2 aliphatic heterocycles. The van der Waals surface area contributed by atoms with Crippen LogP contribution in [0, 0.1) is 5.92 Å². The van der Waals surface area contributed by atoms with Gasteiger partial charge >= 0.3 is 0 Å². The Kier molecular flexibility index (Phi) is 8.02. The van der Waals surface area contributed by atoms with Gasteiger partial charge in [0.2, 0.25) is 5.91 Å². The summed E-state index contributed by atoms with van der Waals surface area (Å²) < 4.78 is 0. The van der Waals surface area contributed by atoms with E-state index >= 15 is 0 Å². The molecule has 0 saturated carbocycles. The van der Waals surface area contributed by atoms with Crippen LogP contribution in [0.5, 0.6) is 0 Å². The number of benzene rings is 1. The van der Waals surface area contributed by atoms with Crippen LogP contribution in [0.2, 0.25) is 10.0 Å². The smallest absolute Gasteiger partial charge is 0.255 e. The normalized spacial score (nSPS) is 22.6. The molecule has 2 aliphatic rings. The average molecular weight is 421 g/mol. The van der Waals surface area contributed by atoms with Gasteiger partial charge in [0, 0.05) is 24.7 Å². The van der Waals surface area contributed by atoms with Gasteiger partial charge in [0.05, 0.1) is 16.6 Å². The number of halogens is 3. The molecule has 0 aromatic heterocycles. The topological polar surface area (TPSA) is 61.4 Å². The van der Waals surface area contributed by atoms with Crippen LogP contribution in [0.3, 0.4) is 0 Å². The van der Waals surface area contributed by atoms with Gasteiger partial charge in [-0.25, -0.2) is 0 Å². The van der Waals surface area contributed by atoms with E-state index in [-0.39, 0.29) is 36.2 Å². The Hall–Kier alpha value is -1.01. The van der Waals surface area contributed by atoms with E-state index in [1.807, 2.05) is 4.90 Å². The van der Waals surface area contributed by atoms with Crippen molar-refractivity contribution in [2.75, 3.05) is 26.2 Å². The maximum atomic E-state index is 12.8. The molecular weight excluding hydrogens is 397 g/mol. The van der Waals surface area contributed by atoms with Crippen LogP contribution in [-0.2, 0) is 4.79 Å². The second-order valence-corrected chi connectivity index (χ2v) is 7.62. The predicted molar refractivity (Wildman–Crippen MR) is 106 cm³/mol. The SMILES string of the molecule is Cl.O=C(NCC1CCCN(C(=O)c2cc(Cl)ccc2Cl)C1)C1CCCN1. The predicted octanol–water partition coefficient (Wildman–Crippen LogP) is 3.14. The van der Waals surface area contributed by atoms with E-state index in [9.17, 15) is 9.59 Å². The molecule has 1 aromatic rings. The molecule has 2 unspecified atom stereocenters. The minimum Gasteiger partial charge on any atom is -0.354 e. The van der Waals surface area contributed by atoms with Crippen LogP contribution in [0.25, 0.3) is 0 Å². The molecule has 2 N–H and O–H groups in total. The summed E-state index contributed by atoms with van der Waals surface area (Å²) in [5, 5.41) is 7.14. The molecule has 26 heavy (non-hydrogen) atoms. The number of hydrogen-bond donors (Lipinski definition) is 2. The van der Waals surface area contributed by atoms with E-state index in [1.54, 1.807) is 18.2 Å². The van der Waals surface area contributed by atoms with Crippen molar-refractivity contribution in [3.63, 3.8) is 0 Å². The van der Waals surface area contributed by atoms with Crippen molar-refractivity contribution in [2.24, 2.45) is 5.92 Å². The quantitative estimate of drug-likeness (QED) is 0.786. The molecule has 0 radical (unpaired) electrons. The van der Waals surface area contributed by atoms with Crippen LogP contribution in [0.15, 0.2) is 18.2 Å². The second kappa shape index (κ2) is 9.79. The fourth-order valence-electron chi connectivity index (χ4n) is 3.52. The van der Waals surface area contributed by atoms with Crippen molar-refractivity contribution < 1.29 is 9.59 Å². The highest BCUT2D eigenvalue weighted by Crippen LogP contribution is 2.24. The maximum Gasteiger partial charge on any atom is 0.255 e. The van der Waals surface area contributed by atoms with Crippen molar-refractivity contribution in [2.45, 2.75) is 31.7 Å². The lowest BCUT2D eigenvalue weighted by Crippen LogP contribution is -2.46. The zero-order valence-corrected chi connectivity index (χ0v) is 16.8. The minimum atomic E-state index is -0.0963. The van der Waals surface area contributed by atoms with E-state index in [4.69, 9.17) is 23.2 Å². The van der Waals surface area contributed by atoms with Gasteiger partial charge in [-0.3, -0.25) is 9.59 Å². The highest BCUT2D eigenvalue weighted by atomic mass is 35.5. The first-order chi connectivity index (χ1) is 12.0. The number of amides is 2. The van der Waals surface area contributed by atoms with Crippen molar-refractivity contribution in [3.05, 3.63) is 33.8 Å². The zero-order chi connectivity index (χ0) is 17.8. The number of carbonyl (C=O) groups is 2. The first-order valence-corrected chi connectivity index (χ1v) is 9.55. The Morgan fingerprint density at radius 1 is 1.23 bits per heavy atom. The van der Waals surface area contributed by atoms with E-state index in [0.717, 1.165) is 32.2 Å². The molecule has 3 rings (SSSR count). The Balaban J connectivity index is 0.00000243. The number of rotatable bonds is 4. The van der Waals surface area contributed by atoms with Crippen molar-refractivity contribution in [1.82, 2.24) is 15.5 Å². The third kappa shape index (κ3) is 5.26. The Bertz CT molecular complexity index is 651. The molecule has 2 saturated heterocycles. The Labute approximate surface area is 170 Å². The van der Waals surface area contributed by atoms with E-state index in [1.165, 1.54) is 0 Å². The number of carbonyl (C=O) groups excluding carboxylic acids is 2. The monoisotopic (exact) mass is 419 g/mol. The van der Waals surface area contributed by atoms with Crippen molar-refractivity contribution >= 4 is 47.4 Å². The first kappa shape index (κ1) is 21.3. The standard InChI is InChI=1S/C18H23Cl2N3O2.ClH/c19-13-5-6-15(20)14(9-13)18(25)23-8-2-3-12(11-23)10-22-17(24)16-4-1-7-21-16;/h5-6,9,12,16,21H,1-4,7-8,10-11H2,(H,22,24);1H. The summed E-state index contributed by atoms with van der Waals surface area (Å²) in [5.41, 5.74) is 0.439. The average Bonchev–Trinajstić information content (AvgIpc) is 3.16. The number of likely N-dealkylation sites (tertiary alicyclic amines) is 1. The van der Waals surface area contributed by atoms with Crippen molar-refractivity contribution in [1.29, 1.82) is 0 Å². The summed E-state index contributed by atoms with van der Waals surface area (Å²) in [5.74, 6) is 0.237. The van der Waals surface area contributed by atoms with Gasteiger partial charge in [-0.05, 0) is 56.3 Å². The summed E-state index contributed by atoms with van der Waals surface area (Å²) in [6, 6.07) is 4.87. The number of nitrogens with zero attached hydrogens (tertiary/aromatic N) is 1. The van der Waals surface area contributed by atoms with Gasteiger partial charge in [-0.1, -0.05) is 23.2 Å². The molecule has 2 atom stereocenters. The molecule has 2 fully saturated rings. The third-order valence-electron chi connectivity index (χ3n) is 4.91. The van der Waals surface area contributed by atoms with Gasteiger partial charge in [0.1, 0.15) is 0 Å². The van der Waals surface area contributed by atoms with E-state index in [0.29, 0.717) is 35.2 Å². The summed E-state index contributed by atoms with van der Waals surface area (Å²) in [6.45, 7) is 2.84. The van der Waals surface area contributed by atoms with Gasteiger partial charge in [-0.2, -0.15) is 0 Å². The lowest BCUT2D eigenvalue weighted by atomic mass is 9.97. The summed E-state index contributed by atoms with van der Waals surface area (Å²) in [6.07, 6.45) is 3.87. The van der Waals surface area contributed by atoms with E-state index < -0.39 is 0 Å². The molecule has 2 amide bonds. The zero-order valence-electron chi connectivity index (χ0n) is 14.5. The lowest BCUT2D eigenvalue weighted by Gasteiger charge is -2.33. The highest BCUT2D eigenvalue weighted by molar-refractivity contribution is 6.35. The van der Waals surface area contributed by atoms with Crippen LogP contribution >= 0.6 is 35.6 Å². The Morgan fingerprint density at radius 3 is 2.77 bits per heavy atom. The summed E-state index contributed by atoms with van der Waals surface area (Å²) >= 11 is 12.1. The molecule has 0 aliphatic carbocycles. The third-order valence-corrected chi connectivity index (χ3v) is 5.47. The highest BCUT2D eigenvalue weighted by Gasteiger charge is 2.27. The molecule has 0 bridgehead atoms. The largest absolute Gasteiger partial charge is 0.354 e. The Morgan fingerprint density at radius 2 is 2.04 bits per heavy atom. The van der Waals surface area contributed by atoms with Gasteiger partial charge in [0.25, 0.3) is 5.91 Å². The van der Waals surface area contributed by atoms with Gasteiger partial charge in [0.15, 0.2) is 0 Å². The molecular formula is C18H24Cl3N3O2. The number of piperidine rings is 1. The van der Waals surface area contributed by atoms with Crippen LogP contribution in [0.1, 0.15) is 36.0 Å². The molecule has 2 heterocycles. The summed E-state index contributed by atoms with van der Waals surface area (Å²) in [4.78, 5) is 26.7. The van der Waals surface area contributed by atoms with Crippen LogP contribution in [-0.4, -0.2) is 48.9 Å². The molecule has 5 nitrogen and oxygen atoms in total. The summed E-state index contributed by atoms with van der Waals surface area (Å²) in [7, 11) is 0. The van der Waals surface area contributed by atoms with Crippen LogP contribution < -0.4 is 10.6 Å². The first-order valence-electron chi connectivity index (χ1n) is 8.80. The molecule has 1 aromatic carbocycles. The molecule has 0 spiro atoms. The van der Waals surface area contributed by atoms with Gasteiger partial charge in [-0.15, -0.1) is 12.4 Å². The molecule has 144 valence electrons. The fourth-order valence-corrected chi connectivity index (χ4v) is 3.89. The van der Waals surface area contributed by atoms with Crippen LogP contribution in [0.4, 0.5) is 0 Å². The second-order valence-electron chi connectivity index (χ2n) is 6.78. The minimum absolute atomic E-state index is 0. The lowest BCUT2D eigenvalue weighted by molar-refractivity contribution is -0.123.